The Bertz CT molecular complexity index is 1360. The number of amides is 3. The van der Waals surface area contributed by atoms with Gasteiger partial charge in [0.2, 0.25) is 5.91 Å². The highest BCUT2D eigenvalue weighted by molar-refractivity contribution is 6.05. The van der Waals surface area contributed by atoms with Crippen molar-refractivity contribution in [2.24, 2.45) is 0 Å². The van der Waals surface area contributed by atoms with Crippen LogP contribution in [0.15, 0.2) is 95.6 Å². The number of benzene rings is 3. The third-order valence-electron chi connectivity index (χ3n) is 5.63. The number of hydrogen-bond donors (Lipinski definition) is 4. The first kappa shape index (κ1) is 25.2. The highest BCUT2D eigenvalue weighted by Gasteiger charge is 2.15. The van der Waals surface area contributed by atoms with Gasteiger partial charge in [-0.3, -0.25) is 14.4 Å². The lowest BCUT2D eigenvalue weighted by molar-refractivity contribution is -0.114. The Morgan fingerprint density at radius 3 is 2.00 bits per heavy atom. The molecule has 0 saturated carbocycles. The number of carbonyl (C=O) groups excluding carboxylic acids is 3. The second kappa shape index (κ2) is 12.2. The second-order valence-corrected chi connectivity index (χ2v) is 8.42. The number of rotatable bonds is 10. The largest absolute Gasteiger partial charge is 0.467 e. The van der Waals surface area contributed by atoms with Crippen molar-refractivity contribution in [3.8, 4) is 0 Å². The van der Waals surface area contributed by atoms with Crippen LogP contribution in [0.25, 0.3) is 0 Å². The van der Waals surface area contributed by atoms with Gasteiger partial charge in [0, 0.05) is 12.2 Å². The highest BCUT2D eigenvalue weighted by atomic mass is 16.3. The average Bonchev–Trinajstić information content (AvgIpc) is 3.44. The lowest BCUT2D eigenvalue weighted by atomic mass is 10.1. The quantitative estimate of drug-likeness (QED) is 0.258. The van der Waals surface area contributed by atoms with E-state index in [9.17, 15) is 14.4 Å². The molecule has 0 fully saturated rings. The highest BCUT2D eigenvalue weighted by Crippen LogP contribution is 2.17. The van der Waals surface area contributed by atoms with E-state index in [2.05, 4.69) is 21.3 Å². The Balaban J connectivity index is 1.34. The molecule has 0 bridgehead atoms. The van der Waals surface area contributed by atoms with Crippen molar-refractivity contribution in [1.82, 2.24) is 10.6 Å². The molecule has 0 unspecified atom stereocenters. The molecule has 4 N–H and O–H groups in total. The van der Waals surface area contributed by atoms with Crippen LogP contribution in [0, 0.1) is 6.92 Å². The van der Waals surface area contributed by atoms with E-state index in [1.165, 1.54) is 0 Å². The molecule has 0 radical (unpaired) electrons. The molecule has 4 aromatic rings. The molecule has 188 valence electrons. The van der Waals surface area contributed by atoms with E-state index in [1.54, 1.807) is 66.9 Å². The lowest BCUT2D eigenvalue weighted by Crippen LogP contribution is -2.28. The smallest absolute Gasteiger partial charge is 0.253 e. The summed E-state index contributed by atoms with van der Waals surface area (Å²) in [6.45, 7) is 2.54. The standard InChI is InChI=1S/C29H28N4O4/c1-20-12-14-21(15-13-20)17-31-29(36)24-9-3-5-11-26(24)33-27(34)19-30-25-10-4-2-8-23(25)28(35)32-18-22-7-6-16-37-22/h2-16,30H,17-19H2,1H3,(H,31,36)(H,32,35)(H,33,34). The predicted octanol–water partition coefficient (Wildman–Crippen LogP) is 4.50. The van der Waals surface area contributed by atoms with Crippen LogP contribution in [0.2, 0.25) is 0 Å². The van der Waals surface area contributed by atoms with Gasteiger partial charge < -0.3 is 25.7 Å². The van der Waals surface area contributed by atoms with Crippen molar-refractivity contribution >= 4 is 29.1 Å². The van der Waals surface area contributed by atoms with Gasteiger partial charge in [0.15, 0.2) is 0 Å². The maximum Gasteiger partial charge on any atom is 0.253 e. The van der Waals surface area contributed by atoms with Gasteiger partial charge in [0.1, 0.15) is 5.76 Å². The summed E-state index contributed by atoms with van der Waals surface area (Å²) >= 11 is 0. The zero-order valence-electron chi connectivity index (χ0n) is 20.4. The minimum Gasteiger partial charge on any atom is -0.467 e. The van der Waals surface area contributed by atoms with Gasteiger partial charge >= 0.3 is 0 Å². The molecule has 1 aromatic heterocycles. The predicted molar refractivity (Wildman–Crippen MR) is 142 cm³/mol. The van der Waals surface area contributed by atoms with Gasteiger partial charge in [0.25, 0.3) is 11.8 Å². The van der Waals surface area contributed by atoms with Crippen molar-refractivity contribution in [1.29, 1.82) is 0 Å². The van der Waals surface area contributed by atoms with Crippen molar-refractivity contribution in [3.63, 3.8) is 0 Å². The van der Waals surface area contributed by atoms with E-state index >= 15 is 0 Å². The molecule has 37 heavy (non-hydrogen) atoms. The molecule has 0 aliphatic rings. The Morgan fingerprint density at radius 1 is 0.703 bits per heavy atom. The molecule has 0 aliphatic heterocycles. The average molecular weight is 497 g/mol. The van der Waals surface area contributed by atoms with E-state index in [0.717, 1.165) is 11.1 Å². The summed E-state index contributed by atoms with van der Waals surface area (Å²) in [6.07, 6.45) is 1.54. The Hall–Kier alpha value is -4.85. The SMILES string of the molecule is Cc1ccc(CNC(=O)c2ccccc2NC(=O)CNc2ccccc2C(=O)NCc2ccco2)cc1. The van der Waals surface area contributed by atoms with Crippen LogP contribution in [-0.2, 0) is 17.9 Å². The fourth-order valence-electron chi connectivity index (χ4n) is 3.65. The Labute approximate surface area is 215 Å². The normalized spacial score (nSPS) is 10.4. The van der Waals surface area contributed by atoms with Crippen LogP contribution in [0.5, 0.6) is 0 Å². The van der Waals surface area contributed by atoms with E-state index in [-0.39, 0.29) is 30.8 Å². The molecule has 0 saturated heterocycles. The third-order valence-corrected chi connectivity index (χ3v) is 5.63. The van der Waals surface area contributed by atoms with Gasteiger partial charge in [-0.1, -0.05) is 54.1 Å². The number of hydrogen-bond acceptors (Lipinski definition) is 5. The number of para-hydroxylation sites is 2. The van der Waals surface area contributed by atoms with E-state index in [0.29, 0.717) is 34.8 Å². The van der Waals surface area contributed by atoms with Crippen molar-refractivity contribution < 1.29 is 18.8 Å². The molecule has 3 amide bonds. The van der Waals surface area contributed by atoms with E-state index < -0.39 is 0 Å². The molecule has 0 spiro atoms. The summed E-state index contributed by atoms with van der Waals surface area (Å²) in [7, 11) is 0. The van der Waals surface area contributed by atoms with Crippen molar-refractivity contribution in [3.05, 3.63) is 119 Å². The molecular weight excluding hydrogens is 468 g/mol. The summed E-state index contributed by atoms with van der Waals surface area (Å²) in [5, 5.41) is 11.5. The fourth-order valence-corrected chi connectivity index (χ4v) is 3.65. The summed E-state index contributed by atoms with van der Waals surface area (Å²) < 4.78 is 5.24. The maximum atomic E-state index is 12.8. The molecule has 8 nitrogen and oxygen atoms in total. The summed E-state index contributed by atoms with van der Waals surface area (Å²) in [6, 6.07) is 25.2. The zero-order valence-corrected chi connectivity index (χ0v) is 20.4. The van der Waals surface area contributed by atoms with Gasteiger partial charge in [-0.2, -0.15) is 0 Å². The van der Waals surface area contributed by atoms with Gasteiger partial charge in [-0.05, 0) is 48.9 Å². The van der Waals surface area contributed by atoms with Gasteiger partial charge in [-0.15, -0.1) is 0 Å². The van der Waals surface area contributed by atoms with Gasteiger partial charge in [-0.25, -0.2) is 0 Å². The van der Waals surface area contributed by atoms with Crippen LogP contribution in [0.1, 0.15) is 37.6 Å². The van der Waals surface area contributed by atoms with E-state index in [4.69, 9.17) is 4.42 Å². The first-order valence-corrected chi connectivity index (χ1v) is 11.9. The molecule has 4 rings (SSSR count). The summed E-state index contributed by atoms with van der Waals surface area (Å²) in [5.74, 6) is -0.303. The topological polar surface area (TPSA) is 112 Å². The van der Waals surface area contributed by atoms with E-state index in [1.807, 2.05) is 31.2 Å². The molecule has 8 heteroatoms. The fraction of sp³-hybridized carbons (Fsp3) is 0.138. The number of aryl methyl sites for hydroxylation is 1. The lowest BCUT2D eigenvalue weighted by Gasteiger charge is -2.14. The molecule has 0 aliphatic carbocycles. The van der Waals surface area contributed by atoms with Crippen molar-refractivity contribution in [2.45, 2.75) is 20.0 Å². The minimum atomic E-state index is -0.357. The maximum absolute atomic E-state index is 12.8. The molecule has 0 atom stereocenters. The first-order valence-electron chi connectivity index (χ1n) is 11.9. The number of anilines is 2. The monoisotopic (exact) mass is 496 g/mol. The first-order chi connectivity index (χ1) is 18.0. The third kappa shape index (κ3) is 7.08. The minimum absolute atomic E-state index is 0.0954. The number of furan rings is 1. The van der Waals surface area contributed by atoms with Crippen molar-refractivity contribution in [2.75, 3.05) is 17.2 Å². The van der Waals surface area contributed by atoms with Gasteiger partial charge in [0.05, 0.1) is 36.2 Å². The second-order valence-electron chi connectivity index (χ2n) is 8.42. The molecular formula is C29H28N4O4. The summed E-state index contributed by atoms with van der Waals surface area (Å²) in [4.78, 5) is 38.2. The Morgan fingerprint density at radius 2 is 1.32 bits per heavy atom. The van der Waals surface area contributed by atoms with Crippen LogP contribution in [0.4, 0.5) is 11.4 Å². The van der Waals surface area contributed by atoms with Crippen LogP contribution in [0.3, 0.4) is 0 Å². The van der Waals surface area contributed by atoms with Crippen LogP contribution < -0.4 is 21.3 Å². The zero-order chi connectivity index (χ0) is 26.0. The number of carbonyl (C=O) groups is 3. The molecule has 3 aromatic carbocycles. The van der Waals surface area contributed by atoms with Crippen LogP contribution in [-0.4, -0.2) is 24.3 Å². The Kier molecular flexibility index (Phi) is 8.33. The molecule has 1 heterocycles. The van der Waals surface area contributed by atoms with Crippen LogP contribution >= 0.6 is 0 Å². The summed E-state index contributed by atoms with van der Waals surface area (Å²) in [5.41, 5.74) is 3.81. The number of nitrogens with one attached hydrogen (secondary N) is 4.